The van der Waals surface area contributed by atoms with E-state index >= 15 is 0 Å². The number of anilines is 3. The molecule has 0 aliphatic heterocycles. The minimum Gasteiger partial charge on any atom is -0.497 e. The monoisotopic (exact) mass is 348 g/mol. The lowest BCUT2D eigenvalue weighted by molar-refractivity contribution is 0.102. The van der Waals surface area contributed by atoms with Crippen molar-refractivity contribution in [2.45, 2.75) is 13.8 Å². The maximum Gasteiger partial charge on any atom is 0.276 e. The molecule has 0 aliphatic rings. The topological polar surface area (TPSA) is 76.1 Å². The van der Waals surface area contributed by atoms with E-state index in [9.17, 15) is 4.79 Å². The summed E-state index contributed by atoms with van der Waals surface area (Å²) in [5.74, 6) is 1.04. The molecule has 26 heavy (non-hydrogen) atoms. The van der Waals surface area contributed by atoms with Crippen molar-refractivity contribution in [2.75, 3.05) is 17.7 Å². The van der Waals surface area contributed by atoms with Gasteiger partial charge < -0.3 is 15.4 Å². The first kappa shape index (κ1) is 17.4. The molecule has 0 radical (unpaired) electrons. The van der Waals surface area contributed by atoms with Gasteiger partial charge in [-0.15, -0.1) is 10.2 Å². The number of aromatic nitrogens is 2. The van der Waals surface area contributed by atoms with Gasteiger partial charge in [0.25, 0.3) is 5.91 Å². The summed E-state index contributed by atoms with van der Waals surface area (Å²) in [6, 6.07) is 16.6. The van der Waals surface area contributed by atoms with Gasteiger partial charge in [-0.05, 0) is 73.5 Å². The van der Waals surface area contributed by atoms with Crippen LogP contribution in [0.1, 0.15) is 21.6 Å². The van der Waals surface area contributed by atoms with Crippen molar-refractivity contribution >= 4 is 23.1 Å². The largest absolute Gasteiger partial charge is 0.497 e. The van der Waals surface area contributed by atoms with E-state index in [4.69, 9.17) is 4.74 Å². The van der Waals surface area contributed by atoms with Crippen LogP contribution < -0.4 is 15.4 Å². The molecule has 0 unspecified atom stereocenters. The smallest absolute Gasteiger partial charge is 0.276 e. The Bertz CT molecular complexity index is 906. The van der Waals surface area contributed by atoms with Gasteiger partial charge in [-0.1, -0.05) is 6.07 Å². The third-order valence-electron chi connectivity index (χ3n) is 4.02. The van der Waals surface area contributed by atoms with E-state index < -0.39 is 0 Å². The van der Waals surface area contributed by atoms with Crippen LogP contribution in [0.5, 0.6) is 5.75 Å². The lowest BCUT2D eigenvalue weighted by Crippen LogP contribution is -2.14. The summed E-state index contributed by atoms with van der Waals surface area (Å²) < 4.78 is 5.12. The van der Waals surface area contributed by atoms with Crippen molar-refractivity contribution in [3.63, 3.8) is 0 Å². The van der Waals surface area contributed by atoms with Gasteiger partial charge in [-0.3, -0.25) is 4.79 Å². The number of aryl methyl sites for hydroxylation is 2. The van der Waals surface area contributed by atoms with Gasteiger partial charge in [0.1, 0.15) is 5.75 Å². The van der Waals surface area contributed by atoms with Gasteiger partial charge in [-0.25, -0.2) is 0 Å². The van der Waals surface area contributed by atoms with Gasteiger partial charge in [0.2, 0.25) is 0 Å². The highest BCUT2D eigenvalue weighted by molar-refractivity contribution is 6.02. The number of methoxy groups -OCH3 is 1. The van der Waals surface area contributed by atoms with Crippen molar-refractivity contribution in [1.29, 1.82) is 0 Å². The summed E-state index contributed by atoms with van der Waals surface area (Å²) in [7, 11) is 1.62. The van der Waals surface area contributed by atoms with Crippen molar-refractivity contribution in [3.8, 4) is 5.75 Å². The van der Waals surface area contributed by atoms with Crippen LogP contribution in [-0.4, -0.2) is 23.2 Å². The molecular weight excluding hydrogens is 328 g/mol. The second-order valence-corrected chi connectivity index (χ2v) is 5.91. The number of rotatable bonds is 5. The molecule has 0 aliphatic carbocycles. The minimum atomic E-state index is -0.295. The quantitative estimate of drug-likeness (QED) is 0.726. The molecule has 0 atom stereocenters. The van der Waals surface area contributed by atoms with E-state index in [1.54, 1.807) is 19.2 Å². The average Bonchev–Trinajstić information content (AvgIpc) is 2.66. The van der Waals surface area contributed by atoms with E-state index in [2.05, 4.69) is 20.8 Å². The highest BCUT2D eigenvalue weighted by Crippen LogP contribution is 2.19. The molecule has 0 saturated carbocycles. The molecule has 0 spiro atoms. The van der Waals surface area contributed by atoms with Crippen LogP contribution in [0, 0.1) is 13.8 Å². The fourth-order valence-corrected chi connectivity index (χ4v) is 2.36. The molecule has 1 amide bonds. The number of nitrogens with zero attached hydrogens (tertiary/aromatic N) is 2. The van der Waals surface area contributed by atoms with Crippen LogP contribution >= 0.6 is 0 Å². The maximum atomic E-state index is 12.3. The normalized spacial score (nSPS) is 10.3. The molecule has 6 heteroatoms. The summed E-state index contributed by atoms with van der Waals surface area (Å²) in [5, 5.41) is 14.0. The zero-order valence-corrected chi connectivity index (χ0v) is 14.9. The van der Waals surface area contributed by atoms with E-state index in [1.807, 2.05) is 56.3 Å². The molecule has 132 valence electrons. The highest BCUT2D eigenvalue weighted by atomic mass is 16.5. The number of amides is 1. The number of carbonyl (C=O) groups is 1. The molecule has 1 aromatic heterocycles. The van der Waals surface area contributed by atoms with Crippen LogP contribution in [0.3, 0.4) is 0 Å². The Kier molecular flexibility index (Phi) is 5.12. The Morgan fingerprint density at radius 3 is 2.23 bits per heavy atom. The zero-order chi connectivity index (χ0) is 18.5. The SMILES string of the molecule is COc1ccc(Nc2ccc(C(=O)Nc3ccc(C)c(C)c3)nn2)cc1. The van der Waals surface area contributed by atoms with Crippen molar-refractivity contribution in [1.82, 2.24) is 10.2 Å². The van der Waals surface area contributed by atoms with Crippen LogP contribution in [0.2, 0.25) is 0 Å². The predicted octanol–water partition coefficient (Wildman–Crippen LogP) is 4.10. The third kappa shape index (κ3) is 4.16. The average molecular weight is 348 g/mol. The van der Waals surface area contributed by atoms with Crippen molar-refractivity contribution in [2.24, 2.45) is 0 Å². The number of benzene rings is 2. The van der Waals surface area contributed by atoms with Crippen LogP contribution in [-0.2, 0) is 0 Å². The molecule has 2 N–H and O–H groups in total. The third-order valence-corrected chi connectivity index (χ3v) is 4.02. The Labute approximate surface area is 152 Å². The fourth-order valence-electron chi connectivity index (χ4n) is 2.36. The Morgan fingerprint density at radius 1 is 0.885 bits per heavy atom. The van der Waals surface area contributed by atoms with Crippen molar-refractivity contribution in [3.05, 3.63) is 71.4 Å². The van der Waals surface area contributed by atoms with Gasteiger partial charge in [0, 0.05) is 11.4 Å². The Morgan fingerprint density at radius 2 is 1.62 bits per heavy atom. The Hall–Kier alpha value is -3.41. The molecule has 1 heterocycles. The van der Waals surface area contributed by atoms with Gasteiger partial charge in [0.15, 0.2) is 11.5 Å². The first-order chi connectivity index (χ1) is 12.5. The Balaban J connectivity index is 1.66. The standard InChI is InChI=1S/C20H20N4O2/c1-13-4-5-16(12-14(13)2)22-20(25)18-10-11-19(24-23-18)21-15-6-8-17(26-3)9-7-15/h4-12H,1-3H3,(H,21,24)(H,22,25). The summed E-state index contributed by atoms with van der Waals surface area (Å²) in [6.07, 6.45) is 0. The van der Waals surface area contributed by atoms with E-state index in [0.29, 0.717) is 5.82 Å². The second kappa shape index (κ2) is 7.65. The number of hydrogen-bond donors (Lipinski definition) is 2. The van der Waals surface area contributed by atoms with E-state index in [0.717, 1.165) is 22.7 Å². The van der Waals surface area contributed by atoms with Crippen LogP contribution in [0.4, 0.5) is 17.2 Å². The second-order valence-electron chi connectivity index (χ2n) is 5.91. The number of carbonyl (C=O) groups excluding carboxylic acids is 1. The molecular formula is C20H20N4O2. The summed E-state index contributed by atoms with van der Waals surface area (Å²) >= 11 is 0. The summed E-state index contributed by atoms with van der Waals surface area (Å²) in [4.78, 5) is 12.3. The van der Waals surface area contributed by atoms with Gasteiger partial charge >= 0.3 is 0 Å². The van der Waals surface area contributed by atoms with E-state index in [-0.39, 0.29) is 11.6 Å². The maximum absolute atomic E-state index is 12.3. The van der Waals surface area contributed by atoms with Gasteiger partial charge in [-0.2, -0.15) is 0 Å². The predicted molar refractivity (Wildman–Crippen MR) is 102 cm³/mol. The first-order valence-electron chi connectivity index (χ1n) is 8.18. The highest BCUT2D eigenvalue weighted by Gasteiger charge is 2.09. The number of nitrogens with one attached hydrogen (secondary N) is 2. The lowest BCUT2D eigenvalue weighted by atomic mass is 10.1. The van der Waals surface area contributed by atoms with E-state index in [1.165, 1.54) is 5.56 Å². The molecule has 0 bridgehead atoms. The molecule has 0 saturated heterocycles. The molecule has 2 aromatic carbocycles. The lowest BCUT2D eigenvalue weighted by Gasteiger charge is -2.08. The minimum absolute atomic E-state index is 0.253. The number of hydrogen-bond acceptors (Lipinski definition) is 5. The van der Waals surface area contributed by atoms with Crippen LogP contribution in [0.15, 0.2) is 54.6 Å². The fraction of sp³-hybridized carbons (Fsp3) is 0.150. The molecule has 3 rings (SSSR count). The first-order valence-corrected chi connectivity index (χ1v) is 8.18. The molecule has 3 aromatic rings. The summed E-state index contributed by atoms with van der Waals surface area (Å²) in [5.41, 5.74) is 4.14. The van der Waals surface area contributed by atoms with Gasteiger partial charge in [0.05, 0.1) is 7.11 Å². The zero-order valence-electron chi connectivity index (χ0n) is 14.9. The van der Waals surface area contributed by atoms with Crippen molar-refractivity contribution < 1.29 is 9.53 Å². The van der Waals surface area contributed by atoms with Crippen LogP contribution in [0.25, 0.3) is 0 Å². The molecule has 0 fully saturated rings. The number of ether oxygens (including phenoxy) is 1. The molecule has 6 nitrogen and oxygen atoms in total. The summed E-state index contributed by atoms with van der Waals surface area (Å²) in [6.45, 7) is 4.03.